The average Bonchev–Trinajstić information content (AvgIpc) is 2.24. The minimum absolute atomic E-state index is 0.315. The van der Waals surface area contributed by atoms with E-state index in [9.17, 15) is 30.7 Å². The molecule has 1 aromatic carbocycles. The highest BCUT2D eigenvalue weighted by atomic mass is 19.4. The molecule has 0 aromatic heterocycles. The first-order valence-electron chi connectivity index (χ1n) is 5.23. The molecule has 2 nitrogen and oxygen atoms in total. The van der Waals surface area contributed by atoms with Crippen LogP contribution in [0.1, 0.15) is 12.0 Å². The molecule has 20 heavy (non-hydrogen) atoms. The second-order valence-corrected chi connectivity index (χ2v) is 3.92. The van der Waals surface area contributed by atoms with Crippen molar-refractivity contribution in [1.29, 1.82) is 0 Å². The molecular formula is C11H9F7O2. The van der Waals surface area contributed by atoms with Gasteiger partial charge in [0.1, 0.15) is 18.2 Å². The van der Waals surface area contributed by atoms with Gasteiger partial charge in [-0.2, -0.15) is 26.3 Å². The van der Waals surface area contributed by atoms with Crippen molar-refractivity contribution in [3.05, 3.63) is 29.6 Å². The van der Waals surface area contributed by atoms with Gasteiger partial charge >= 0.3 is 12.4 Å². The summed E-state index contributed by atoms with van der Waals surface area (Å²) < 4.78 is 90.2. The maximum absolute atomic E-state index is 12.9. The maximum Gasteiger partial charge on any atom is 0.419 e. The van der Waals surface area contributed by atoms with Crippen LogP contribution in [0.4, 0.5) is 30.7 Å². The molecule has 1 unspecified atom stereocenters. The molecule has 0 spiro atoms. The van der Waals surface area contributed by atoms with Crippen LogP contribution in [0.5, 0.6) is 5.75 Å². The van der Waals surface area contributed by atoms with Crippen LogP contribution in [0, 0.1) is 5.82 Å². The zero-order valence-corrected chi connectivity index (χ0v) is 9.72. The van der Waals surface area contributed by atoms with Crippen molar-refractivity contribution in [1.82, 2.24) is 0 Å². The molecule has 0 saturated heterocycles. The lowest BCUT2D eigenvalue weighted by molar-refractivity contribution is -0.156. The predicted octanol–water partition coefficient (Wildman–Crippen LogP) is 3.54. The van der Waals surface area contributed by atoms with Crippen LogP contribution in [0.3, 0.4) is 0 Å². The molecule has 1 atom stereocenters. The average molecular weight is 306 g/mol. The van der Waals surface area contributed by atoms with E-state index in [4.69, 9.17) is 5.11 Å². The van der Waals surface area contributed by atoms with E-state index in [2.05, 4.69) is 4.74 Å². The van der Waals surface area contributed by atoms with Crippen LogP contribution in [0.25, 0.3) is 0 Å². The van der Waals surface area contributed by atoms with E-state index in [1.54, 1.807) is 0 Å². The SMILES string of the molecule is OC(COc1ccc(F)c(C(F)(F)F)c1)CC(F)(F)F. The maximum atomic E-state index is 12.9. The van der Waals surface area contributed by atoms with Crippen molar-refractivity contribution in [2.24, 2.45) is 0 Å². The number of aliphatic hydroxyl groups is 1. The molecule has 0 amide bonds. The van der Waals surface area contributed by atoms with Gasteiger partial charge in [-0.25, -0.2) is 4.39 Å². The van der Waals surface area contributed by atoms with Crippen molar-refractivity contribution in [2.75, 3.05) is 6.61 Å². The summed E-state index contributed by atoms with van der Waals surface area (Å²) in [6, 6.07) is 1.62. The molecule has 0 fully saturated rings. The van der Waals surface area contributed by atoms with Crippen LogP contribution in [-0.2, 0) is 6.18 Å². The van der Waals surface area contributed by atoms with Gasteiger partial charge in [-0.15, -0.1) is 0 Å². The summed E-state index contributed by atoms with van der Waals surface area (Å²) in [6.45, 7) is -0.859. The Balaban J connectivity index is 2.70. The molecule has 0 radical (unpaired) electrons. The minimum Gasteiger partial charge on any atom is -0.491 e. The van der Waals surface area contributed by atoms with Gasteiger partial charge in [-0.3, -0.25) is 0 Å². The van der Waals surface area contributed by atoms with Gasteiger partial charge in [-0.05, 0) is 18.2 Å². The van der Waals surface area contributed by atoms with Crippen LogP contribution in [-0.4, -0.2) is 24.0 Å². The van der Waals surface area contributed by atoms with E-state index in [-0.39, 0.29) is 0 Å². The van der Waals surface area contributed by atoms with E-state index >= 15 is 0 Å². The van der Waals surface area contributed by atoms with Crippen molar-refractivity contribution >= 4 is 0 Å². The Hall–Kier alpha value is -1.51. The summed E-state index contributed by atoms with van der Waals surface area (Å²) in [7, 11) is 0. The highest BCUT2D eigenvalue weighted by Crippen LogP contribution is 2.33. The number of rotatable bonds is 4. The molecule has 0 aliphatic carbocycles. The third kappa shape index (κ3) is 5.24. The van der Waals surface area contributed by atoms with Crippen LogP contribution in [0.15, 0.2) is 18.2 Å². The predicted molar refractivity (Wildman–Crippen MR) is 53.6 cm³/mol. The summed E-state index contributed by atoms with van der Waals surface area (Å²) in [6.07, 6.45) is -13.0. The number of hydrogen-bond acceptors (Lipinski definition) is 2. The van der Waals surface area contributed by atoms with Gasteiger partial charge in [0.2, 0.25) is 0 Å². The molecule has 1 N–H and O–H groups in total. The molecule has 0 aliphatic rings. The Kier molecular flexibility index (Phi) is 4.85. The normalized spacial score (nSPS) is 14.2. The third-order valence-corrected chi connectivity index (χ3v) is 2.15. The first-order chi connectivity index (χ1) is 8.99. The quantitative estimate of drug-likeness (QED) is 0.862. The first-order valence-corrected chi connectivity index (χ1v) is 5.23. The van der Waals surface area contributed by atoms with Crippen LogP contribution < -0.4 is 4.74 Å². The summed E-state index contributed by atoms with van der Waals surface area (Å²) >= 11 is 0. The lowest BCUT2D eigenvalue weighted by atomic mass is 10.2. The smallest absolute Gasteiger partial charge is 0.419 e. The van der Waals surface area contributed by atoms with Crippen molar-refractivity contribution in [3.63, 3.8) is 0 Å². The van der Waals surface area contributed by atoms with Gasteiger partial charge in [0, 0.05) is 0 Å². The number of alkyl halides is 6. The topological polar surface area (TPSA) is 29.5 Å². The van der Waals surface area contributed by atoms with E-state index in [1.165, 1.54) is 0 Å². The van der Waals surface area contributed by atoms with Gasteiger partial charge in [0.25, 0.3) is 0 Å². The van der Waals surface area contributed by atoms with Crippen molar-refractivity contribution < 1.29 is 40.6 Å². The van der Waals surface area contributed by atoms with Gasteiger partial charge in [0.05, 0.1) is 18.1 Å². The Morgan fingerprint density at radius 3 is 2.20 bits per heavy atom. The van der Waals surface area contributed by atoms with E-state index in [0.29, 0.717) is 12.1 Å². The van der Waals surface area contributed by atoms with Gasteiger partial charge in [0.15, 0.2) is 0 Å². The summed E-state index contributed by atoms with van der Waals surface area (Å²) in [4.78, 5) is 0. The van der Waals surface area contributed by atoms with Crippen molar-refractivity contribution in [2.45, 2.75) is 24.9 Å². The standard InChI is InChI=1S/C11H9F7O2/c12-9-2-1-7(3-8(9)11(16,17)18)20-5-6(19)4-10(13,14)15/h1-3,6,19H,4-5H2. The fourth-order valence-corrected chi connectivity index (χ4v) is 1.33. The molecule has 0 aliphatic heterocycles. The monoisotopic (exact) mass is 306 g/mol. The zero-order valence-electron chi connectivity index (χ0n) is 9.72. The summed E-state index contributed by atoms with van der Waals surface area (Å²) in [5.41, 5.74) is -1.60. The highest BCUT2D eigenvalue weighted by Gasteiger charge is 2.35. The molecule has 0 saturated carbocycles. The van der Waals surface area contributed by atoms with Crippen LogP contribution in [0.2, 0.25) is 0 Å². The lowest BCUT2D eigenvalue weighted by Gasteiger charge is -2.15. The van der Waals surface area contributed by atoms with E-state index in [1.807, 2.05) is 0 Å². The molecule has 1 rings (SSSR count). The summed E-state index contributed by atoms with van der Waals surface area (Å²) in [5.74, 6) is -2.01. The molecular weight excluding hydrogens is 297 g/mol. The van der Waals surface area contributed by atoms with Crippen LogP contribution >= 0.6 is 0 Å². The van der Waals surface area contributed by atoms with Gasteiger partial charge in [-0.1, -0.05) is 0 Å². The Labute approximate surface area is 108 Å². The largest absolute Gasteiger partial charge is 0.491 e. The van der Waals surface area contributed by atoms with E-state index < -0.39 is 48.6 Å². The highest BCUT2D eigenvalue weighted by molar-refractivity contribution is 5.31. The number of halogens is 7. The second kappa shape index (κ2) is 5.86. The molecule has 0 heterocycles. The minimum atomic E-state index is -4.95. The number of aliphatic hydroxyl groups excluding tert-OH is 1. The third-order valence-electron chi connectivity index (χ3n) is 2.15. The number of ether oxygens (including phenoxy) is 1. The molecule has 9 heteroatoms. The van der Waals surface area contributed by atoms with E-state index in [0.717, 1.165) is 6.07 Å². The molecule has 1 aromatic rings. The Morgan fingerprint density at radius 2 is 1.70 bits per heavy atom. The number of benzene rings is 1. The van der Waals surface area contributed by atoms with Crippen molar-refractivity contribution in [3.8, 4) is 5.75 Å². The fraction of sp³-hybridized carbons (Fsp3) is 0.455. The number of hydrogen-bond donors (Lipinski definition) is 1. The lowest BCUT2D eigenvalue weighted by Crippen LogP contribution is -2.25. The fourth-order valence-electron chi connectivity index (χ4n) is 1.33. The zero-order chi connectivity index (χ0) is 15.6. The Morgan fingerprint density at radius 1 is 1.10 bits per heavy atom. The molecule has 114 valence electrons. The first kappa shape index (κ1) is 16.5. The second-order valence-electron chi connectivity index (χ2n) is 3.92. The summed E-state index contributed by atoms with van der Waals surface area (Å²) in [5, 5.41) is 8.99. The van der Waals surface area contributed by atoms with Gasteiger partial charge < -0.3 is 9.84 Å². The Bertz CT molecular complexity index is 453. The molecule has 0 bridgehead atoms.